The molecule has 0 aliphatic heterocycles. The molecule has 0 aliphatic carbocycles. The van der Waals surface area contributed by atoms with Crippen molar-refractivity contribution >= 4 is 0 Å². The SMILES string of the molecule is CCOCn1ccc[c]c1=O. The molecule has 0 bridgehead atoms. The fourth-order valence-electron chi connectivity index (χ4n) is 0.708. The Kier molecular flexibility index (Phi) is 2.86. The number of hydrogen-bond acceptors (Lipinski definition) is 2. The molecule has 0 amide bonds. The summed E-state index contributed by atoms with van der Waals surface area (Å²) >= 11 is 0. The van der Waals surface area contributed by atoms with Gasteiger partial charge in [0, 0.05) is 12.8 Å². The van der Waals surface area contributed by atoms with Crippen LogP contribution in [0.2, 0.25) is 0 Å². The predicted octanol–water partition coefficient (Wildman–Crippen LogP) is 0.642. The second-order valence-corrected chi connectivity index (χ2v) is 2.05. The molecule has 0 N–H and O–H groups in total. The van der Waals surface area contributed by atoms with Crippen molar-refractivity contribution < 1.29 is 4.74 Å². The van der Waals surface area contributed by atoms with Gasteiger partial charge in [-0.2, -0.15) is 0 Å². The lowest BCUT2D eigenvalue weighted by Crippen LogP contribution is -2.19. The molecule has 1 heterocycles. The van der Waals surface area contributed by atoms with Crippen LogP contribution in [0.1, 0.15) is 6.92 Å². The summed E-state index contributed by atoms with van der Waals surface area (Å²) in [4.78, 5) is 11.0. The van der Waals surface area contributed by atoms with Crippen LogP contribution in [0.5, 0.6) is 0 Å². The van der Waals surface area contributed by atoms with Gasteiger partial charge < -0.3 is 4.74 Å². The van der Waals surface area contributed by atoms with Crippen molar-refractivity contribution in [3.05, 3.63) is 34.7 Å². The van der Waals surface area contributed by atoms with Gasteiger partial charge in [-0.3, -0.25) is 9.36 Å². The molecular weight excluding hydrogens is 142 g/mol. The predicted molar refractivity (Wildman–Crippen MR) is 41.2 cm³/mol. The number of ether oxygens (including phenoxy) is 1. The maximum atomic E-state index is 11.0. The smallest absolute Gasteiger partial charge is 0.260 e. The fourth-order valence-corrected chi connectivity index (χ4v) is 0.708. The highest BCUT2D eigenvalue weighted by Crippen LogP contribution is 1.82. The van der Waals surface area contributed by atoms with Gasteiger partial charge in [0.1, 0.15) is 6.73 Å². The van der Waals surface area contributed by atoms with Crippen LogP contribution in [-0.4, -0.2) is 11.2 Å². The topological polar surface area (TPSA) is 31.2 Å². The summed E-state index contributed by atoms with van der Waals surface area (Å²) in [6, 6.07) is 5.87. The van der Waals surface area contributed by atoms with Crippen molar-refractivity contribution in [1.82, 2.24) is 4.57 Å². The molecule has 1 aromatic heterocycles. The first kappa shape index (κ1) is 8.01. The van der Waals surface area contributed by atoms with Crippen molar-refractivity contribution in [2.75, 3.05) is 6.61 Å². The van der Waals surface area contributed by atoms with Gasteiger partial charge in [0.05, 0.1) is 6.07 Å². The molecule has 1 rings (SSSR count). The monoisotopic (exact) mass is 152 g/mol. The van der Waals surface area contributed by atoms with Crippen molar-refractivity contribution in [2.45, 2.75) is 13.7 Å². The molecular formula is C8H10NO2. The summed E-state index contributed by atoms with van der Waals surface area (Å²) in [5, 5.41) is 0. The van der Waals surface area contributed by atoms with Crippen LogP contribution in [-0.2, 0) is 11.5 Å². The summed E-state index contributed by atoms with van der Waals surface area (Å²) in [6.07, 6.45) is 1.68. The molecule has 11 heavy (non-hydrogen) atoms. The van der Waals surface area contributed by atoms with E-state index in [1.807, 2.05) is 6.92 Å². The van der Waals surface area contributed by atoms with Gasteiger partial charge >= 0.3 is 0 Å². The Hall–Kier alpha value is -1.09. The molecule has 1 radical (unpaired) electrons. The van der Waals surface area contributed by atoms with E-state index in [4.69, 9.17) is 4.74 Å². The van der Waals surface area contributed by atoms with E-state index in [2.05, 4.69) is 6.07 Å². The van der Waals surface area contributed by atoms with Gasteiger partial charge in [0.15, 0.2) is 0 Å². The van der Waals surface area contributed by atoms with Crippen LogP contribution in [0, 0.1) is 6.07 Å². The van der Waals surface area contributed by atoms with Crippen LogP contribution in [0.25, 0.3) is 0 Å². The molecule has 0 aliphatic rings. The summed E-state index contributed by atoms with van der Waals surface area (Å²) in [7, 11) is 0. The number of hydrogen-bond donors (Lipinski definition) is 0. The minimum atomic E-state index is -0.152. The highest BCUT2D eigenvalue weighted by atomic mass is 16.5. The Morgan fingerprint density at radius 2 is 2.55 bits per heavy atom. The first-order valence-corrected chi connectivity index (χ1v) is 3.49. The second-order valence-electron chi connectivity index (χ2n) is 2.05. The van der Waals surface area contributed by atoms with E-state index in [1.54, 1.807) is 18.3 Å². The van der Waals surface area contributed by atoms with E-state index in [0.29, 0.717) is 13.3 Å². The normalized spacial score (nSPS) is 9.91. The van der Waals surface area contributed by atoms with Crippen LogP contribution in [0.15, 0.2) is 23.1 Å². The zero-order valence-corrected chi connectivity index (χ0v) is 6.41. The molecule has 3 heteroatoms. The standard InChI is InChI=1S/C8H10NO2/c1-2-11-7-9-6-4-3-5-8(9)10/h3-4,6H,2,7H2,1H3. The summed E-state index contributed by atoms with van der Waals surface area (Å²) in [6.45, 7) is 2.81. The van der Waals surface area contributed by atoms with Crippen LogP contribution < -0.4 is 5.56 Å². The molecule has 0 saturated carbocycles. The van der Waals surface area contributed by atoms with Gasteiger partial charge in [-0.25, -0.2) is 0 Å². The molecule has 3 nitrogen and oxygen atoms in total. The molecule has 0 saturated heterocycles. The fraction of sp³-hybridized carbons (Fsp3) is 0.375. The lowest BCUT2D eigenvalue weighted by molar-refractivity contribution is 0.0853. The second kappa shape index (κ2) is 3.93. The Morgan fingerprint density at radius 1 is 1.73 bits per heavy atom. The van der Waals surface area contributed by atoms with Crippen molar-refractivity contribution in [3.8, 4) is 0 Å². The average Bonchev–Trinajstić information content (AvgIpc) is 2.03. The number of nitrogens with zero attached hydrogens (tertiary/aromatic N) is 1. The first-order valence-electron chi connectivity index (χ1n) is 3.49. The quantitative estimate of drug-likeness (QED) is 0.636. The maximum absolute atomic E-state index is 11.0. The summed E-state index contributed by atoms with van der Waals surface area (Å²) in [5.74, 6) is 0. The van der Waals surface area contributed by atoms with E-state index in [-0.39, 0.29) is 5.56 Å². The largest absolute Gasteiger partial charge is 0.361 e. The average molecular weight is 152 g/mol. The molecule has 59 valence electrons. The minimum Gasteiger partial charge on any atom is -0.361 e. The molecule has 0 aromatic carbocycles. The number of rotatable bonds is 3. The summed E-state index contributed by atoms with van der Waals surface area (Å²) < 4.78 is 6.51. The van der Waals surface area contributed by atoms with Crippen molar-refractivity contribution in [1.29, 1.82) is 0 Å². The highest BCUT2D eigenvalue weighted by Gasteiger charge is 1.90. The third-order valence-corrected chi connectivity index (χ3v) is 1.26. The third-order valence-electron chi connectivity index (χ3n) is 1.26. The first-order chi connectivity index (χ1) is 5.34. The van der Waals surface area contributed by atoms with Gasteiger partial charge in [-0.1, -0.05) is 0 Å². The molecule has 0 unspecified atom stereocenters. The van der Waals surface area contributed by atoms with Crippen LogP contribution in [0.3, 0.4) is 0 Å². The van der Waals surface area contributed by atoms with Gasteiger partial charge in [0.2, 0.25) is 0 Å². The highest BCUT2D eigenvalue weighted by molar-refractivity contribution is 4.90. The molecule has 1 aromatic rings. The van der Waals surface area contributed by atoms with E-state index in [0.717, 1.165) is 0 Å². The molecule has 0 atom stereocenters. The van der Waals surface area contributed by atoms with Crippen LogP contribution in [0.4, 0.5) is 0 Å². The van der Waals surface area contributed by atoms with E-state index < -0.39 is 0 Å². The third kappa shape index (κ3) is 2.20. The number of pyridine rings is 1. The lowest BCUT2D eigenvalue weighted by Gasteiger charge is -2.02. The zero-order chi connectivity index (χ0) is 8.10. The Bertz CT molecular complexity index is 267. The lowest BCUT2D eigenvalue weighted by atomic mass is 10.5. The van der Waals surface area contributed by atoms with Gasteiger partial charge in [0.25, 0.3) is 5.56 Å². The molecule has 0 spiro atoms. The van der Waals surface area contributed by atoms with Gasteiger partial charge in [-0.05, 0) is 19.1 Å². The maximum Gasteiger partial charge on any atom is 0.260 e. The minimum absolute atomic E-state index is 0.152. The van der Waals surface area contributed by atoms with E-state index >= 15 is 0 Å². The Balaban J connectivity index is 2.70. The Labute approximate surface area is 65.2 Å². The Morgan fingerprint density at radius 3 is 3.18 bits per heavy atom. The van der Waals surface area contributed by atoms with Crippen LogP contribution >= 0.6 is 0 Å². The van der Waals surface area contributed by atoms with Crippen molar-refractivity contribution in [2.24, 2.45) is 0 Å². The van der Waals surface area contributed by atoms with Gasteiger partial charge in [-0.15, -0.1) is 0 Å². The molecule has 0 fully saturated rings. The summed E-state index contributed by atoms with van der Waals surface area (Å²) in [5.41, 5.74) is -0.152. The zero-order valence-electron chi connectivity index (χ0n) is 6.41. The van der Waals surface area contributed by atoms with E-state index in [1.165, 1.54) is 4.57 Å². The number of aromatic nitrogens is 1. The van der Waals surface area contributed by atoms with E-state index in [9.17, 15) is 4.79 Å². The van der Waals surface area contributed by atoms with Crippen molar-refractivity contribution in [3.63, 3.8) is 0 Å².